The van der Waals surface area contributed by atoms with Crippen molar-refractivity contribution in [3.8, 4) is 11.5 Å². The first kappa shape index (κ1) is 11.1. The minimum atomic E-state index is -0.0697. The Hall–Kier alpha value is -2.01. The van der Waals surface area contributed by atoms with Crippen molar-refractivity contribution in [1.29, 1.82) is 0 Å². The van der Waals surface area contributed by atoms with E-state index in [1.807, 2.05) is 17.5 Å². The lowest BCUT2D eigenvalue weighted by Crippen LogP contribution is -2.04. The second-order valence-corrected chi connectivity index (χ2v) is 4.79. The molecule has 0 saturated heterocycles. The van der Waals surface area contributed by atoms with Crippen LogP contribution in [0, 0.1) is 0 Å². The first-order chi connectivity index (χ1) is 8.74. The monoisotopic (exact) mass is 261 g/mol. The molecule has 2 aromatic heterocycles. The van der Waals surface area contributed by atoms with E-state index in [1.165, 1.54) is 11.3 Å². The maximum atomic E-state index is 11.9. The van der Waals surface area contributed by atoms with Crippen LogP contribution < -0.4 is 15.0 Å². The average Bonchev–Trinajstić information content (AvgIpc) is 2.87. The highest BCUT2D eigenvalue weighted by molar-refractivity contribution is 7.17. The van der Waals surface area contributed by atoms with Crippen LogP contribution in [0.1, 0.15) is 0 Å². The molecule has 0 aliphatic carbocycles. The van der Waals surface area contributed by atoms with Crippen LogP contribution in [0.5, 0.6) is 11.5 Å². The van der Waals surface area contributed by atoms with Crippen molar-refractivity contribution in [2.75, 3.05) is 14.2 Å². The number of fused-ring (bicyclic) bond motifs is 3. The molecule has 0 aliphatic heterocycles. The number of hydrogen-bond acceptors (Lipinski definition) is 4. The first-order valence-corrected chi connectivity index (χ1v) is 6.28. The lowest BCUT2D eigenvalue weighted by molar-refractivity contribution is 0.356. The van der Waals surface area contributed by atoms with Gasteiger partial charge < -0.3 is 14.5 Å². The largest absolute Gasteiger partial charge is 0.493 e. The number of nitrogens with one attached hydrogen (secondary N) is 1. The van der Waals surface area contributed by atoms with Gasteiger partial charge in [-0.05, 0) is 17.5 Å². The molecule has 0 atom stereocenters. The number of methoxy groups -OCH3 is 2. The molecule has 18 heavy (non-hydrogen) atoms. The summed E-state index contributed by atoms with van der Waals surface area (Å²) < 4.78 is 11.3. The van der Waals surface area contributed by atoms with Crippen LogP contribution in [-0.2, 0) is 0 Å². The fraction of sp³-hybridized carbons (Fsp3) is 0.154. The second-order valence-electron chi connectivity index (χ2n) is 3.87. The van der Waals surface area contributed by atoms with Crippen LogP contribution in [0.2, 0.25) is 0 Å². The standard InChI is InChI=1S/C13H11NO3S/c1-16-10-5-8-7-3-4-18-12(7)13(15)14-9(8)6-11(10)17-2/h3-6H,1-2H3,(H,14,15). The Morgan fingerprint density at radius 2 is 1.83 bits per heavy atom. The van der Waals surface area contributed by atoms with Gasteiger partial charge in [0.2, 0.25) is 0 Å². The lowest BCUT2D eigenvalue weighted by atomic mass is 10.1. The van der Waals surface area contributed by atoms with Gasteiger partial charge in [0.15, 0.2) is 11.5 Å². The third-order valence-corrected chi connectivity index (χ3v) is 3.85. The SMILES string of the molecule is COc1cc2[nH]c(=O)c3sccc3c2cc1OC. The van der Waals surface area contributed by atoms with Gasteiger partial charge in [0, 0.05) is 16.8 Å². The van der Waals surface area contributed by atoms with E-state index < -0.39 is 0 Å². The summed E-state index contributed by atoms with van der Waals surface area (Å²) in [6, 6.07) is 5.62. The van der Waals surface area contributed by atoms with Gasteiger partial charge in [-0.15, -0.1) is 11.3 Å². The van der Waals surface area contributed by atoms with Crippen molar-refractivity contribution < 1.29 is 9.47 Å². The molecule has 0 amide bonds. The molecular weight excluding hydrogens is 250 g/mol. The Morgan fingerprint density at radius 3 is 2.56 bits per heavy atom. The van der Waals surface area contributed by atoms with Gasteiger partial charge in [0.1, 0.15) is 4.70 Å². The summed E-state index contributed by atoms with van der Waals surface area (Å²) in [5, 5.41) is 3.82. The van der Waals surface area contributed by atoms with Crippen molar-refractivity contribution in [1.82, 2.24) is 4.98 Å². The van der Waals surface area contributed by atoms with Crippen molar-refractivity contribution in [2.24, 2.45) is 0 Å². The zero-order chi connectivity index (χ0) is 12.7. The van der Waals surface area contributed by atoms with E-state index in [4.69, 9.17) is 9.47 Å². The number of H-pyrrole nitrogens is 1. The van der Waals surface area contributed by atoms with Crippen molar-refractivity contribution in [2.45, 2.75) is 0 Å². The van der Waals surface area contributed by atoms with Crippen LogP contribution in [0.3, 0.4) is 0 Å². The van der Waals surface area contributed by atoms with Gasteiger partial charge in [-0.2, -0.15) is 0 Å². The molecule has 4 nitrogen and oxygen atoms in total. The molecule has 0 bridgehead atoms. The average molecular weight is 261 g/mol. The van der Waals surface area contributed by atoms with E-state index in [9.17, 15) is 4.79 Å². The van der Waals surface area contributed by atoms with E-state index in [0.717, 1.165) is 21.0 Å². The Kier molecular flexibility index (Phi) is 2.48. The molecule has 0 aliphatic rings. The molecule has 0 spiro atoms. The molecule has 3 rings (SSSR count). The number of thiophene rings is 1. The predicted molar refractivity (Wildman–Crippen MR) is 73.1 cm³/mol. The molecule has 1 aromatic carbocycles. The minimum absolute atomic E-state index is 0.0697. The molecular formula is C13H11NO3S. The summed E-state index contributed by atoms with van der Waals surface area (Å²) in [5.74, 6) is 1.26. The van der Waals surface area contributed by atoms with Gasteiger partial charge in [0.25, 0.3) is 5.56 Å². The molecule has 3 aromatic rings. The van der Waals surface area contributed by atoms with Gasteiger partial charge in [-0.3, -0.25) is 4.79 Å². The number of ether oxygens (including phenoxy) is 2. The number of benzene rings is 1. The van der Waals surface area contributed by atoms with Gasteiger partial charge in [-0.1, -0.05) is 0 Å². The lowest BCUT2D eigenvalue weighted by Gasteiger charge is -2.09. The highest BCUT2D eigenvalue weighted by Crippen LogP contribution is 2.34. The summed E-state index contributed by atoms with van der Waals surface area (Å²) in [5.41, 5.74) is 0.684. The summed E-state index contributed by atoms with van der Waals surface area (Å²) in [7, 11) is 3.17. The molecule has 0 saturated carbocycles. The van der Waals surface area contributed by atoms with E-state index in [1.54, 1.807) is 20.3 Å². The minimum Gasteiger partial charge on any atom is -0.493 e. The summed E-state index contributed by atoms with van der Waals surface area (Å²) in [6.07, 6.45) is 0. The van der Waals surface area contributed by atoms with Crippen molar-refractivity contribution in [3.63, 3.8) is 0 Å². The van der Waals surface area contributed by atoms with Crippen molar-refractivity contribution in [3.05, 3.63) is 33.9 Å². The van der Waals surface area contributed by atoms with E-state index in [-0.39, 0.29) is 5.56 Å². The van der Waals surface area contributed by atoms with Crippen LogP contribution in [0.15, 0.2) is 28.4 Å². The number of pyridine rings is 1. The quantitative estimate of drug-likeness (QED) is 0.771. The number of rotatable bonds is 2. The number of aromatic amines is 1. The summed E-state index contributed by atoms with van der Waals surface area (Å²) in [4.78, 5) is 14.8. The Labute approximate surface area is 107 Å². The molecule has 0 radical (unpaired) electrons. The van der Waals surface area contributed by atoms with Gasteiger partial charge in [-0.25, -0.2) is 0 Å². The predicted octanol–water partition coefficient (Wildman–Crippen LogP) is 2.76. The topological polar surface area (TPSA) is 51.3 Å². The fourth-order valence-electron chi connectivity index (χ4n) is 2.08. The number of hydrogen-bond donors (Lipinski definition) is 1. The zero-order valence-electron chi connectivity index (χ0n) is 9.94. The van der Waals surface area contributed by atoms with Crippen molar-refractivity contribution >= 4 is 32.3 Å². The molecule has 0 fully saturated rings. The van der Waals surface area contributed by atoms with E-state index >= 15 is 0 Å². The van der Waals surface area contributed by atoms with Crippen LogP contribution in [0.4, 0.5) is 0 Å². The van der Waals surface area contributed by atoms with Gasteiger partial charge >= 0.3 is 0 Å². The third-order valence-electron chi connectivity index (χ3n) is 2.93. The fourth-order valence-corrected chi connectivity index (χ4v) is 2.88. The van der Waals surface area contributed by atoms with Crippen LogP contribution in [-0.4, -0.2) is 19.2 Å². The summed E-state index contributed by atoms with van der Waals surface area (Å²) >= 11 is 1.44. The normalized spacial score (nSPS) is 11.0. The smallest absolute Gasteiger partial charge is 0.266 e. The molecule has 1 N–H and O–H groups in total. The third kappa shape index (κ3) is 1.48. The second kappa shape index (κ2) is 4.03. The maximum absolute atomic E-state index is 11.9. The Bertz CT molecular complexity index is 788. The highest BCUT2D eigenvalue weighted by Gasteiger charge is 2.11. The van der Waals surface area contributed by atoms with E-state index in [2.05, 4.69) is 4.98 Å². The van der Waals surface area contributed by atoms with Crippen LogP contribution in [0.25, 0.3) is 21.0 Å². The number of aromatic nitrogens is 1. The van der Waals surface area contributed by atoms with Crippen LogP contribution >= 0.6 is 11.3 Å². The molecule has 0 unspecified atom stereocenters. The Morgan fingerprint density at radius 1 is 1.11 bits per heavy atom. The first-order valence-electron chi connectivity index (χ1n) is 5.40. The van der Waals surface area contributed by atoms with Gasteiger partial charge in [0.05, 0.1) is 19.7 Å². The molecule has 92 valence electrons. The molecule has 2 heterocycles. The Balaban J connectivity index is 2.50. The summed E-state index contributed by atoms with van der Waals surface area (Å²) in [6.45, 7) is 0. The maximum Gasteiger partial charge on any atom is 0.266 e. The molecule has 5 heteroatoms. The zero-order valence-corrected chi connectivity index (χ0v) is 10.8. The highest BCUT2D eigenvalue weighted by atomic mass is 32.1. The van der Waals surface area contributed by atoms with E-state index in [0.29, 0.717) is 11.5 Å².